The topological polar surface area (TPSA) is 9.23 Å². The highest BCUT2D eigenvalue weighted by Crippen LogP contribution is 2.21. The summed E-state index contributed by atoms with van der Waals surface area (Å²) in [4.78, 5) is 0. The summed E-state index contributed by atoms with van der Waals surface area (Å²) in [5.74, 6) is 0. The highest BCUT2D eigenvalue weighted by molar-refractivity contribution is 6.21. The Hall–Kier alpha value is 0.250. The third-order valence-electron chi connectivity index (χ3n) is 1.53. The molecule has 0 radical (unpaired) electrons. The normalized spacial score (nSPS) is 31.5. The van der Waals surface area contributed by atoms with Gasteiger partial charge in [-0.2, -0.15) is 0 Å². The van der Waals surface area contributed by atoms with E-state index in [9.17, 15) is 0 Å². The molecule has 0 saturated carbocycles. The van der Waals surface area contributed by atoms with Crippen molar-refractivity contribution >= 4 is 11.6 Å². The molecule has 2 heteroatoms. The minimum Gasteiger partial charge on any atom is -0.376 e. The molecule has 1 aliphatic rings. The lowest BCUT2D eigenvalue weighted by Crippen LogP contribution is -2.34. The van der Waals surface area contributed by atoms with Crippen molar-refractivity contribution in [3.8, 4) is 0 Å². The Kier molecular flexibility index (Phi) is 2.15. The lowest BCUT2D eigenvalue weighted by Gasteiger charge is -2.29. The summed E-state index contributed by atoms with van der Waals surface area (Å²) < 4.78 is 5.15. The summed E-state index contributed by atoms with van der Waals surface area (Å²) in [6, 6.07) is 0. The van der Waals surface area contributed by atoms with Crippen LogP contribution in [0.1, 0.15) is 19.8 Å². The van der Waals surface area contributed by atoms with Crippen LogP contribution in [0.15, 0.2) is 0 Å². The van der Waals surface area contributed by atoms with Crippen molar-refractivity contribution in [1.82, 2.24) is 0 Å². The number of alkyl halides is 1. The molecule has 0 amide bonds. The highest BCUT2D eigenvalue weighted by Gasteiger charge is 2.24. The van der Waals surface area contributed by atoms with E-state index in [1.807, 2.05) is 0 Å². The Labute approximate surface area is 55.0 Å². The van der Waals surface area contributed by atoms with E-state index in [1.54, 1.807) is 0 Å². The molecule has 0 aliphatic carbocycles. The molecular formula is C6H11ClO. The zero-order valence-corrected chi connectivity index (χ0v) is 5.82. The maximum absolute atomic E-state index is 5.84. The molecule has 2 atom stereocenters. The maximum atomic E-state index is 5.84. The molecule has 1 saturated heterocycles. The summed E-state index contributed by atoms with van der Waals surface area (Å²) in [5.41, 5.74) is 0. The lowest BCUT2D eigenvalue weighted by molar-refractivity contribution is -0.0521. The second-order valence-electron chi connectivity index (χ2n) is 2.12. The van der Waals surface area contributed by atoms with E-state index in [2.05, 4.69) is 6.92 Å². The number of rotatable bonds is 2. The van der Waals surface area contributed by atoms with Gasteiger partial charge in [0.05, 0.1) is 11.5 Å². The number of hydrogen-bond acceptors (Lipinski definition) is 1. The summed E-state index contributed by atoms with van der Waals surface area (Å²) in [6.45, 7) is 2.99. The van der Waals surface area contributed by atoms with E-state index in [1.165, 1.54) is 0 Å². The van der Waals surface area contributed by atoms with Crippen molar-refractivity contribution in [2.75, 3.05) is 6.61 Å². The van der Waals surface area contributed by atoms with Gasteiger partial charge in [0.15, 0.2) is 0 Å². The summed E-state index contributed by atoms with van der Waals surface area (Å²) in [5, 5.41) is 0.253. The first-order chi connectivity index (χ1) is 3.84. The minimum atomic E-state index is 0.253. The maximum Gasteiger partial charge on any atom is 0.0760 e. The van der Waals surface area contributed by atoms with E-state index in [4.69, 9.17) is 16.3 Å². The lowest BCUT2D eigenvalue weighted by atomic mass is 10.1. The number of ether oxygens (including phenoxy) is 1. The van der Waals surface area contributed by atoms with Crippen molar-refractivity contribution < 1.29 is 4.74 Å². The first kappa shape index (κ1) is 6.37. The zero-order chi connectivity index (χ0) is 5.98. The van der Waals surface area contributed by atoms with E-state index in [0.717, 1.165) is 19.4 Å². The number of halogens is 1. The van der Waals surface area contributed by atoms with Crippen LogP contribution in [0, 0.1) is 0 Å². The number of hydrogen-bond donors (Lipinski definition) is 0. The first-order valence-corrected chi connectivity index (χ1v) is 3.54. The predicted molar refractivity (Wildman–Crippen MR) is 34.3 cm³/mol. The van der Waals surface area contributed by atoms with E-state index >= 15 is 0 Å². The minimum absolute atomic E-state index is 0.253. The molecule has 1 heterocycles. The fraction of sp³-hybridized carbons (Fsp3) is 1.00. The van der Waals surface area contributed by atoms with Gasteiger partial charge in [0.2, 0.25) is 0 Å². The molecule has 48 valence electrons. The molecule has 0 aromatic heterocycles. The average Bonchev–Trinajstić information content (AvgIpc) is 1.62. The van der Waals surface area contributed by atoms with Crippen LogP contribution in [-0.2, 0) is 4.74 Å². The highest BCUT2D eigenvalue weighted by atomic mass is 35.5. The van der Waals surface area contributed by atoms with Crippen molar-refractivity contribution in [3.63, 3.8) is 0 Å². The monoisotopic (exact) mass is 134 g/mol. The smallest absolute Gasteiger partial charge is 0.0760 e. The van der Waals surface area contributed by atoms with Gasteiger partial charge < -0.3 is 4.74 Å². The van der Waals surface area contributed by atoms with E-state index < -0.39 is 0 Å². The second-order valence-corrected chi connectivity index (χ2v) is 2.68. The molecule has 8 heavy (non-hydrogen) atoms. The van der Waals surface area contributed by atoms with Crippen LogP contribution >= 0.6 is 11.6 Å². The van der Waals surface area contributed by atoms with Crippen molar-refractivity contribution in [2.45, 2.75) is 31.2 Å². The van der Waals surface area contributed by atoms with Gasteiger partial charge in [-0.25, -0.2) is 0 Å². The molecule has 2 unspecified atom stereocenters. The van der Waals surface area contributed by atoms with Crippen LogP contribution in [-0.4, -0.2) is 18.1 Å². The van der Waals surface area contributed by atoms with Gasteiger partial charge in [-0.1, -0.05) is 6.92 Å². The van der Waals surface area contributed by atoms with Gasteiger partial charge in [-0.15, -0.1) is 11.6 Å². The Morgan fingerprint density at radius 1 is 1.88 bits per heavy atom. The molecule has 0 N–H and O–H groups in total. The molecule has 1 nitrogen and oxygen atoms in total. The molecule has 0 spiro atoms. The molecule has 0 aromatic rings. The Bertz CT molecular complexity index is 68.2. The van der Waals surface area contributed by atoms with E-state index in [0.29, 0.717) is 6.10 Å². The van der Waals surface area contributed by atoms with Gasteiger partial charge in [0.1, 0.15) is 0 Å². The third kappa shape index (κ3) is 1.15. The van der Waals surface area contributed by atoms with Gasteiger partial charge in [-0.3, -0.25) is 0 Å². The van der Waals surface area contributed by atoms with Crippen LogP contribution in [0.5, 0.6) is 0 Å². The van der Waals surface area contributed by atoms with Crippen LogP contribution < -0.4 is 0 Å². The molecule has 0 aromatic carbocycles. The standard InChI is InChI=1S/C6H11ClO/c1-2-5(7)6-3-4-8-6/h5-6H,2-4H2,1H3. The zero-order valence-electron chi connectivity index (χ0n) is 5.06. The van der Waals surface area contributed by atoms with Crippen molar-refractivity contribution in [2.24, 2.45) is 0 Å². The van der Waals surface area contributed by atoms with Gasteiger partial charge >= 0.3 is 0 Å². The van der Waals surface area contributed by atoms with Crippen molar-refractivity contribution in [3.05, 3.63) is 0 Å². The summed E-state index contributed by atoms with van der Waals surface area (Å²) in [7, 11) is 0. The Balaban J connectivity index is 2.13. The SMILES string of the molecule is CCC(Cl)C1CCO1. The molecule has 1 aliphatic heterocycles. The van der Waals surface area contributed by atoms with Gasteiger partial charge in [0, 0.05) is 6.61 Å². The molecule has 0 bridgehead atoms. The first-order valence-electron chi connectivity index (χ1n) is 3.10. The fourth-order valence-corrected chi connectivity index (χ4v) is 1.00. The summed E-state index contributed by atoms with van der Waals surface area (Å²) in [6.07, 6.45) is 2.54. The van der Waals surface area contributed by atoms with E-state index in [-0.39, 0.29) is 5.38 Å². The van der Waals surface area contributed by atoms with Gasteiger partial charge in [-0.05, 0) is 12.8 Å². The largest absolute Gasteiger partial charge is 0.376 e. The van der Waals surface area contributed by atoms with Crippen LogP contribution in [0.3, 0.4) is 0 Å². The molecule has 1 rings (SSSR count). The Morgan fingerprint density at radius 2 is 2.50 bits per heavy atom. The van der Waals surface area contributed by atoms with Gasteiger partial charge in [0.25, 0.3) is 0 Å². The van der Waals surface area contributed by atoms with Crippen molar-refractivity contribution in [1.29, 1.82) is 0 Å². The fourth-order valence-electron chi connectivity index (χ4n) is 0.802. The summed E-state index contributed by atoms with van der Waals surface area (Å²) >= 11 is 5.84. The Morgan fingerprint density at radius 3 is 2.62 bits per heavy atom. The molecule has 1 fully saturated rings. The quantitative estimate of drug-likeness (QED) is 0.524. The van der Waals surface area contributed by atoms with Crippen LogP contribution in [0.2, 0.25) is 0 Å². The van der Waals surface area contributed by atoms with Crippen LogP contribution in [0.4, 0.5) is 0 Å². The average molecular weight is 135 g/mol. The van der Waals surface area contributed by atoms with Crippen LogP contribution in [0.25, 0.3) is 0 Å². The third-order valence-corrected chi connectivity index (χ3v) is 2.12. The molecular weight excluding hydrogens is 124 g/mol. The predicted octanol–water partition coefficient (Wildman–Crippen LogP) is 1.79. The second kappa shape index (κ2) is 2.70.